The van der Waals surface area contributed by atoms with Gasteiger partial charge in [0.25, 0.3) is 5.69 Å². The van der Waals surface area contributed by atoms with Crippen LogP contribution in [0.25, 0.3) is 16.8 Å². The number of aromatic nitrogens is 2. The van der Waals surface area contributed by atoms with Crippen molar-refractivity contribution < 1.29 is 9.31 Å². The molecular weight excluding hydrogens is 457 g/mol. The highest BCUT2D eigenvalue weighted by Gasteiger charge is 2.18. The molecule has 0 bridgehead atoms. The lowest BCUT2D eigenvalue weighted by molar-refractivity contribution is -0.384. The molecule has 34 heavy (non-hydrogen) atoms. The molecule has 0 atom stereocenters. The molecule has 3 aromatic carbocycles. The molecule has 0 aliphatic heterocycles. The molecule has 3 N–H and O–H groups in total. The smallest absolute Gasteiger partial charge is 0.269 e. The number of benzene rings is 3. The van der Waals surface area contributed by atoms with E-state index in [1.54, 1.807) is 54.7 Å². The fourth-order valence-electron chi connectivity index (χ4n) is 3.47. The zero-order valence-electron chi connectivity index (χ0n) is 17.8. The summed E-state index contributed by atoms with van der Waals surface area (Å²) in [7, 11) is 0. The maximum Gasteiger partial charge on any atom is 0.269 e. The highest BCUT2D eigenvalue weighted by molar-refractivity contribution is 6.31. The van der Waals surface area contributed by atoms with Crippen LogP contribution in [0.4, 0.5) is 21.7 Å². The van der Waals surface area contributed by atoms with Crippen LogP contribution < -0.4 is 11.1 Å². The minimum Gasteiger partial charge on any atom is -0.326 e. The Hall–Kier alpha value is -4.14. The van der Waals surface area contributed by atoms with Gasteiger partial charge in [0.05, 0.1) is 10.6 Å². The standard InChI is InChI=1S/C25H19ClFN5O2/c1-15(20-4-2-3-5-23(20)27)22-12-17(26)6-11-21(22)24-16(13-28)14-29-25(31-24)30-18-7-9-19(10-8-18)32(33)34/h2-12,14H,1,13,28H2,(H,29,30,31). The van der Waals surface area contributed by atoms with E-state index in [1.807, 2.05) is 0 Å². The third kappa shape index (κ3) is 4.78. The lowest BCUT2D eigenvalue weighted by Crippen LogP contribution is -2.07. The number of nitrogens with one attached hydrogen (secondary N) is 1. The quantitative estimate of drug-likeness (QED) is 0.247. The van der Waals surface area contributed by atoms with Gasteiger partial charge in [-0.1, -0.05) is 42.4 Å². The highest BCUT2D eigenvalue weighted by atomic mass is 35.5. The van der Waals surface area contributed by atoms with Crippen molar-refractivity contribution in [2.45, 2.75) is 6.54 Å². The van der Waals surface area contributed by atoms with Crippen LogP contribution in [-0.2, 0) is 6.54 Å². The molecular formula is C25H19ClFN5O2. The molecule has 9 heteroatoms. The summed E-state index contributed by atoms with van der Waals surface area (Å²) >= 11 is 6.27. The van der Waals surface area contributed by atoms with Crippen LogP contribution in [0.5, 0.6) is 0 Å². The fourth-order valence-corrected chi connectivity index (χ4v) is 3.64. The Balaban J connectivity index is 1.77. The van der Waals surface area contributed by atoms with Crippen LogP contribution in [0.15, 0.2) is 79.5 Å². The van der Waals surface area contributed by atoms with Crippen molar-refractivity contribution in [1.82, 2.24) is 9.97 Å². The summed E-state index contributed by atoms with van der Waals surface area (Å²) in [6.45, 7) is 4.28. The van der Waals surface area contributed by atoms with Crippen LogP contribution in [0.1, 0.15) is 16.7 Å². The zero-order chi connectivity index (χ0) is 24.2. The molecule has 0 amide bonds. The Morgan fingerprint density at radius 2 is 1.85 bits per heavy atom. The van der Waals surface area contributed by atoms with Crippen LogP contribution in [-0.4, -0.2) is 14.9 Å². The van der Waals surface area contributed by atoms with Gasteiger partial charge in [0.2, 0.25) is 5.95 Å². The zero-order valence-corrected chi connectivity index (χ0v) is 18.6. The van der Waals surface area contributed by atoms with Gasteiger partial charge in [0.15, 0.2) is 0 Å². The van der Waals surface area contributed by atoms with E-state index in [0.717, 1.165) is 0 Å². The fraction of sp³-hybridized carbons (Fsp3) is 0.0400. The summed E-state index contributed by atoms with van der Waals surface area (Å²) < 4.78 is 14.5. The number of hydrogen-bond acceptors (Lipinski definition) is 6. The number of nitro benzene ring substituents is 1. The molecule has 1 aromatic heterocycles. The highest BCUT2D eigenvalue weighted by Crippen LogP contribution is 2.35. The second-order valence-corrected chi connectivity index (χ2v) is 7.79. The van der Waals surface area contributed by atoms with E-state index < -0.39 is 10.7 Å². The summed E-state index contributed by atoms with van der Waals surface area (Å²) in [4.78, 5) is 19.4. The van der Waals surface area contributed by atoms with Gasteiger partial charge < -0.3 is 11.1 Å². The SMILES string of the molecule is C=C(c1ccccc1F)c1cc(Cl)ccc1-c1nc(Nc2ccc([N+](=O)[O-])cc2)ncc1CN. The first-order valence-corrected chi connectivity index (χ1v) is 10.6. The van der Waals surface area contributed by atoms with E-state index >= 15 is 0 Å². The molecule has 0 fully saturated rings. The second-order valence-electron chi connectivity index (χ2n) is 7.35. The predicted molar refractivity (Wildman–Crippen MR) is 131 cm³/mol. The van der Waals surface area contributed by atoms with E-state index in [0.29, 0.717) is 44.2 Å². The molecule has 0 unspecified atom stereocenters. The molecule has 170 valence electrons. The maximum atomic E-state index is 14.5. The summed E-state index contributed by atoms with van der Waals surface area (Å²) in [6, 6.07) is 17.4. The Bertz CT molecular complexity index is 1390. The number of rotatable bonds is 7. The minimum atomic E-state index is -0.473. The van der Waals surface area contributed by atoms with Gasteiger partial charge in [0.1, 0.15) is 5.82 Å². The normalized spacial score (nSPS) is 10.7. The van der Waals surface area contributed by atoms with E-state index in [-0.39, 0.29) is 18.2 Å². The topological polar surface area (TPSA) is 107 Å². The lowest BCUT2D eigenvalue weighted by atomic mass is 9.92. The molecule has 0 spiro atoms. The number of hydrogen-bond donors (Lipinski definition) is 2. The van der Waals surface area contributed by atoms with E-state index in [4.69, 9.17) is 17.3 Å². The number of anilines is 2. The number of non-ortho nitro benzene ring substituents is 1. The Kier molecular flexibility index (Phi) is 6.62. The molecule has 0 radical (unpaired) electrons. The lowest BCUT2D eigenvalue weighted by Gasteiger charge is -2.16. The van der Waals surface area contributed by atoms with Gasteiger partial charge in [-0.25, -0.2) is 14.4 Å². The summed E-state index contributed by atoms with van der Waals surface area (Å²) in [5.41, 5.74) is 9.76. The first-order chi connectivity index (χ1) is 16.4. The van der Waals surface area contributed by atoms with Crippen molar-refractivity contribution in [3.8, 4) is 11.3 Å². The Morgan fingerprint density at radius 1 is 1.12 bits per heavy atom. The molecule has 4 aromatic rings. The maximum absolute atomic E-state index is 14.5. The molecule has 0 saturated carbocycles. The van der Waals surface area contributed by atoms with Crippen molar-refractivity contribution in [1.29, 1.82) is 0 Å². The number of nitro groups is 1. The molecule has 4 rings (SSSR count). The van der Waals surface area contributed by atoms with E-state index in [1.165, 1.54) is 18.2 Å². The second kappa shape index (κ2) is 9.78. The molecule has 1 heterocycles. The Labute approximate surface area is 199 Å². The van der Waals surface area contributed by atoms with E-state index in [9.17, 15) is 14.5 Å². The molecule has 0 saturated heterocycles. The molecule has 7 nitrogen and oxygen atoms in total. The van der Waals surface area contributed by atoms with Crippen molar-refractivity contribution >= 4 is 34.5 Å². The van der Waals surface area contributed by atoms with Crippen LogP contribution in [0, 0.1) is 15.9 Å². The Morgan fingerprint density at radius 3 is 2.53 bits per heavy atom. The van der Waals surface area contributed by atoms with Crippen molar-refractivity contribution in [2.75, 3.05) is 5.32 Å². The summed E-state index contributed by atoms with van der Waals surface area (Å²) in [5, 5.41) is 14.4. The number of nitrogens with zero attached hydrogens (tertiary/aromatic N) is 3. The van der Waals surface area contributed by atoms with Crippen molar-refractivity contribution in [3.05, 3.63) is 117 Å². The van der Waals surface area contributed by atoms with Crippen LogP contribution in [0.2, 0.25) is 5.02 Å². The van der Waals surface area contributed by atoms with Gasteiger partial charge in [-0.05, 0) is 41.5 Å². The summed E-state index contributed by atoms with van der Waals surface area (Å²) in [5.74, 6) is -0.140. The van der Waals surface area contributed by atoms with Gasteiger partial charge in [-0.15, -0.1) is 0 Å². The first kappa shape index (κ1) is 23.0. The average Bonchev–Trinajstić information content (AvgIpc) is 2.84. The van der Waals surface area contributed by atoms with Crippen LogP contribution in [0.3, 0.4) is 0 Å². The number of halogens is 2. The summed E-state index contributed by atoms with van der Waals surface area (Å²) in [6.07, 6.45) is 1.60. The van der Waals surface area contributed by atoms with Gasteiger partial charge >= 0.3 is 0 Å². The van der Waals surface area contributed by atoms with Crippen molar-refractivity contribution in [2.24, 2.45) is 5.73 Å². The van der Waals surface area contributed by atoms with Gasteiger partial charge in [0, 0.05) is 52.3 Å². The molecule has 0 aliphatic rings. The van der Waals surface area contributed by atoms with E-state index in [2.05, 4.69) is 21.9 Å². The van der Waals surface area contributed by atoms with Gasteiger partial charge in [-0.2, -0.15) is 0 Å². The average molecular weight is 476 g/mol. The van der Waals surface area contributed by atoms with Gasteiger partial charge in [-0.3, -0.25) is 10.1 Å². The minimum absolute atomic E-state index is 0.0249. The largest absolute Gasteiger partial charge is 0.326 e. The monoisotopic (exact) mass is 475 g/mol. The number of nitrogens with two attached hydrogens (primary N) is 1. The van der Waals surface area contributed by atoms with Crippen LogP contribution >= 0.6 is 11.6 Å². The third-order valence-electron chi connectivity index (χ3n) is 5.18. The first-order valence-electron chi connectivity index (χ1n) is 10.2. The molecule has 0 aliphatic carbocycles. The van der Waals surface area contributed by atoms with Crippen molar-refractivity contribution in [3.63, 3.8) is 0 Å². The third-order valence-corrected chi connectivity index (χ3v) is 5.41. The predicted octanol–water partition coefficient (Wildman–Crippen LogP) is 6.11.